The minimum atomic E-state index is -0.829. The van der Waals surface area contributed by atoms with Gasteiger partial charge in [-0.05, 0) is 104 Å². The first-order valence-electron chi connectivity index (χ1n) is 20.4. The number of aromatic nitrogens is 2. The van der Waals surface area contributed by atoms with E-state index in [4.69, 9.17) is 9.72 Å². The number of carbonyl (C=O) groups excluding carboxylic acids is 3. The number of hydrogen-bond donors (Lipinski definition) is 3. The molecule has 4 heterocycles. The molecule has 10 nitrogen and oxygen atoms in total. The van der Waals surface area contributed by atoms with E-state index in [0.29, 0.717) is 32.2 Å². The lowest BCUT2D eigenvalue weighted by molar-refractivity contribution is -0.155. The molecule has 2 fully saturated rings. The smallest absolute Gasteiger partial charge is 0.324 e. The molecule has 55 heavy (non-hydrogen) atoms. The van der Waals surface area contributed by atoms with Crippen LogP contribution in [0.1, 0.15) is 95.9 Å². The first-order chi connectivity index (χ1) is 26.5. The Bertz CT molecular complexity index is 2050. The Balaban J connectivity index is 1.35. The van der Waals surface area contributed by atoms with E-state index < -0.39 is 17.5 Å². The van der Waals surface area contributed by atoms with Crippen LogP contribution in [-0.2, 0) is 38.5 Å². The number of ether oxygens (including phenoxy) is 1. The number of carbonyl (C=O) groups is 3. The van der Waals surface area contributed by atoms with Crippen LogP contribution in [0.25, 0.3) is 33.3 Å². The molecular weight excluding hydrogens is 689 g/mol. The van der Waals surface area contributed by atoms with Crippen molar-refractivity contribution in [3.05, 3.63) is 77.6 Å². The third kappa shape index (κ3) is 8.07. The van der Waals surface area contributed by atoms with Crippen molar-refractivity contribution in [3.8, 4) is 22.4 Å². The molecule has 1 aliphatic carbocycles. The maximum Gasteiger partial charge on any atom is 0.324 e. The Morgan fingerprint density at radius 1 is 1.02 bits per heavy atom. The fraction of sp³-hybridized carbons (Fsp3) is 0.511. The molecule has 292 valence electrons. The predicted octanol–water partition coefficient (Wildman–Crippen LogP) is 6.94. The van der Waals surface area contributed by atoms with Crippen LogP contribution in [0.3, 0.4) is 0 Å². The van der Waals surface area contributed by atoms with Crippen LogP contribution < -0.4 is 16.1 Å². The van der Waals surface area contributed by atoms with Gasteiger partial charge in [-0.15, -0.1) is 0 Å². The van der Waals surface area contributed by atoms with Crippen molar-refractivity contribution in [2.75, 3.05) is 20.2 Å². The lowest BCUT2D eigenvalue weighted by Crippen LogP contribution is -2.61. The van der Waals surface area contributed by atoms with Crippen molar-refractivity contribution in [2.24, 2.45) is 11.3 Å². The van der Waals surface area contributed by atoms with Gasteiger partial charge in [0.1, 0.15) is 12.1 Å². The van der Waals surface area contributed by atoms with E-state index in [1.165, 1.54) is 10.6 Å². The molecule has 3 aliphatic rings. The number of esters is 1. The number of cyclic esters (lactones) is 1. The molecule has 2 aliphatic heterocycles. The normalized spacial score (nSPS) is 21.4. The standard InChI is InChI=1S/C45H58N6O4/c1-7-50-38-20-19-32-25-34(38)35(41(50)33-17-11-21-47-39(33)28(2)3)26-45(4,5)27-55-44(54)36-18-12-22-51(49-36)43(53)37(24-29-13-10-16-31(32)23-29)48-42(52)40(46-6)30-14-8-9-15-30/h10-11,13,16-17,19-21,23,25,28,30,36-37,40,46,49H,7-9,12,14-15,18,22,24,26-27H2,1-6H3,(H,48,52)/t36-,37-,40-/m0/s1. The van der Waals surface area contributed by atoms with Gasteiger partial charge < -0.3 is 19.9 Å². The van der Waals surface area contributed by atoms with E-state index in [-0.39, 0.29) is 42.3 Å². The fourth-order valence-electron chi connectivity index (χ4n) is 9.14. The summed E-state index contributed by atoms with van der Waals surface area (Å²) < 4.78 is 8.51. The number of nitrogens with one attached hydrogen (secondary N) is 3. The first kappa shape index (κ1) is 38.7. The van der Waals surface area contributed by atoms with Crippen LogP contribution in [0.4, 0.5) is 0 Å². The first-order valence-corrected chi connectivity index (χ1v) is 20.4. The van der Waals surface area contributed by atoms with Gasteiger partial charge in [0.15, 0.2) is 0 Å². The average Bonchev–Trinajstić information content (AvgIpc) is 3.82. The molecule has 2 aromatic carbocycles. The highest BCUT2D eigenvalue weighted by Crippen LogP contribution is 2.42. The van der Waals surface area contributed by atoms with Crippen molar-refractivity contribution < 1.29 is 19.1 Å². The van der Waals surface area contributed by atoms with Gasteiger partial charge in [-0.1, -0.05) is 70.9 Å². The second-order valence-electron chi connectivity index (χ2n) is 16.9. The molecule has 3 atom stereocenters. The number of fused-ring (bicyclic) bond motifs is 6. The third-order valence-corrected chi connectivity index (χ3v) is 11.9. The Morgan fingerprint density at radius 2 is 1.80 bits per heavy atom. The number of nitrogens with zero attached hydrogens (tertiary/aromatic N) is 3. The fourth-order valence-corrected chi connectivity index (χ4v) is 9.14. The summed E-state index contributed by atoms with van der Waals surface area (Å²) in [5.41, 5.74) is 11.5. The number of hydrogen-bond acceptors (Lipinski definition) is 7. The second-order valence-corrected chi connectivity index (χ2v) is 16.9. The summed E-state index contributed by atoms with van der Waals surface area (Å²) in [6, 6.07) is 17.4. The zero-order valence-electron chi connectivity index (χ0n) is 33.4. The molecule has 3 N–H and O–H groups in total. The molecule has 0 radical (unpaired) electrons. The zero-order chi connectivity index (χ0) is 38.9. The summed E-state index contributed by atoms with van der Waals surface area (Å²) in [7, 11) is 1.82. The molecule has 0 unspecified atom stereocenters. The van der Waals surface area contributed by atoms with E-state index in [1.807, 2.05) is 31.4 Å². The van der Waals surface area contributed by atoms with Crippen LogP contribution in [0.15, 0.2) is 60.8 Å². The number of aryl methyl sites for hydroxylation is 1. The highest BCUT2D eigenvalue weighted by molar-refractivity contribution is 5.95. The Morgan fingerprint density at radius 3 is 2.55 bits per heavy atom. The molecule has 0 spiro atoms. The highest BCUT2D eigenvalue weighted by atomic mass is 16.5. The lowest BCUT2D eigenvalue weighted by atomic mass is 9.83. The molecule has 7 rings (SSSR count). The van der Waals surface area contributed by atoms with E-state index in [0.717, 1.165) is 76.8 Å². The monoisotopic (exact) mass is 746 g/mol. The Kier molecular flexibility index (Phi) is 11.5. The number of benzene rings is 2. The van der Waals surface area contributed by atoms with Gasteiger partial charge in [-0.2, -0.15) is 0 Å². The van der Waals surface area contributed by atoms with Crippen molar-refractivity contribution in [2.45, 2.75) is 117 Å². The van der Waals surface area contributed by atoms with Crippen LogP contribution in [0.5, 0.6) is 0 Å². The van der Waals surface area contributed by atoms with Crippen molar-refractivity contribution in [3.63, 3.8) is 0 Å². The average molecular weight is 747 g/mol. The molecule has 1 saturated carbocycles. The van der Waals surface area contributed by atoms with Gasteiger partial charge in [0.2, 0.25) is 5.91 Å². The summed E-state index contributed by atoms with van der Waals surface area (Å²) in [6.07, 6.45) is 8.26. The van der Waals surface area contributed by atoms with Crippen LogP contribution in [0, 0.1) is 11.3 Å². The number of likely N-dealkylation sites (N-methyl/N-ethyl adjacent to an activating group) is 1. The minimum Gasteiger partial charge on any atom is -0.464 e. The minimum absolute atomic E-state index is 0.162. The highest BCUT2D eigenvalue weighted by Gasteiger charge is 2.37. The van der Waals surface area contributed by atoms with Gasteiger partial charge in [-0.3, -0.25) is 24.4 Å². The molecule has 2 amide bonds. The van der Waals surface area contributed by atoms with Crippen molar-refractivity contribution >= 4 is 28.7 Å². The summed E-state index contributed by atoms with van der Waals surface area (Å²) >= 11 is 0. The van der Waals surface area contributed by atoms with E-state index in [1.54, 1.807) is 0 Å². The van der Waals surface area contributed by atoms with Crippen molar-refractivity contribution in [1.82, 2.24) is 30.6 Å². The maximum atomic E-state index is 14.4. The van der Waals surface area contributed by atoms with Crippen molar-refractivity contribution in [1.29, 1.82) is 0 Å². The molecule has 1 saturated heterocycles. The quantitative estimate of drug-likeness (QED) is 0.176. The van der Waals surface area contributed by atoms with Gasteiger partial charge in [-0.25, -0.2) is 5.43 Å². The third-order valence-electron chi connectivity index (χ3n) is 11.9. The second kappa shape index (κ2) is 16.3. The van der Waals surface area contributed by atoms with E-state index >= 15 is 0 Å². The summed E-state index contributed by atoms with van der Waals surface area (Å²) in [6.45, 7) is 12.3. The topological polar surface area (TPSA) is 118 Å². The van der Waals surface area contributed by atoms with Crippen LogP contribution in [-0.4, -0.2) is 70.7 Å². The van der Waals surface area contributed by atoms with Gasteiger partial charge in [0.25, 0.3) is 5.91 Å². The number of amides is 2. The van der Waals surface area contributed by atoms with Gasteiger partial charge >= 0.3 is 5.97 Å². The van der Waals surface area contributed by atoms with E-state index in [9.17, 15) is 14.4 Å². The SMILES string of the molecule is CCn1c(-c2cccnc2C(C)C)c2c3cc(ccc31)-c1cccc(c1)C[C@H](NC(=O)[C@@H](NC)C1CCCC1)C(=O)N1CCC[C@H](N1)C(=O)OCC(C)(C)C2. The predicted molar refractivity (Wildman–Crippen MR) is 217 cm³/mol. The Hall–Kier alpha value is -4.54. The Labute approximate surface area is 325 Å². The zero-order valence-corrected chi connectivity index (χ0v) is 33.4. The maximum absolute atomic E-state index is 14.4. The summed E-state index contributed by atoms with van der Waals surface area (Å²) in [5, 5.41) is 9.09. The van der Waals surface area contributed by atoms with E-state index in [2.05, 4.69) is 91.6 Å². The molecule has 2 aromatic heterocycles. The number of rotatable bonds is 7. The molecule has 4 aromatic rings. The molecule has 10 heteroatoms. The summed E-state index contributed by atoms with van der Waals surface area (Å²) in [4.78, 5) is 46.9. The van der Waals surface area contributed by atoms with Gasteiger partial charge in [0, 0.05) is 47.6 Å². The molecule has 6 bridgehead atoms. The summed E-state index contributed by atoms with van der Waals surface area (Å²) in [5.74, 6) is -0.325. The molecular formula is C45H58N6O4. The lowest BCUT2D eigenvalue weighted by Gasteiger charge is -2.36. The number of hydrazine groups is 1. The largest absolute Gasteiger partial charge is 0.464 e. The van der Waals surface area contributed by atoms with Gasteiger partial charge in [0.05, 0.1) is 24.0 Å². The van der Waals surface area contributed by atoms with Crippen LogP contribution in [0.2, 0.25) is 0 Å². The van der Waals surface area contributed by atoms with Crippen LogP contribution >= 0.6 is 0 Å². The number of pyridine rings is 1.